The van der Waals surface area contributed by atoms with Crippen LogP contribution >= 0.6 is 11.6 Å². The summed E-state index contributed by atoms with van der Waals surface area (Å²) >= 11 is 5.58. The number of carbonyl (C=O) groups is 1. The zero-order valence-corrected chi connectivity index (χ0v) is 11.6. The van der Waals surface area contributed by atoms with Crippen LogP contribution in [-0.2, 0) is 0 Å². The fourth-order valence-corrected chi connectivity index (χ4v) is 1.59. The molecule has 0 aliphatic rings. The number of rotatable bonds is 8. The highest BCUT2D eigenvalue weighted by atomic mass is 35.5. The average molecular weight is 271 g/mol. The fraction of sp³-hybridized carbons (Fsp3) is 0.500. The smallest absolute Gasteiger partial charge is 0.181 e. The van der Waals surface area contributed by atoms with Crippen LogP contribution in [0.15, 0.2) is 18.2 Å². The molecule has 0 atom stereocenters. The summed E-state index contributed by atoms with van der Waals surface area (Å²) in [5, 5.41) is 0. The van der Waals surface area contributed by atoms with Crippen LogP contribution in [0.4, 0.5) is 0 Å². The minimum absolute atomic E-state index is 0.0440. The first kappa shape index (κ1) is 14.8. The number of ether oxygens (including phenoxy) is 2. The van der Waals surface area contributed by atoms with Crippen molar-refractivity contribution in [1.29, 1.82) is 0 Å². The Kier molecular flexibility index (Phi) is 6.58. The van der Waals surface area contributed by atoms with E-state index in [4.69, 9.17) is 21.1 Å². The summed E-state index contributed by atoms with van der Waals surface area (Å²) in [6, 6.07) is 5.24. The van der Waals surface area contributed by atoms with Crippen LogP contribution in [-0.4, -0.2) is 24.9 Å². The molecule has 4 heteroatoms. The van der Waals surface area contributed by atoms with Gasteiger partial charge in [-0.15, -0.1) is 11.6 Å². The number of hydrogen-bond acceptors (Lipinski definition) is 3. The van der Waals surface area contributed by atoms with E-state index in [0.717, 1.165) is 12.8 Å². The maximum atomic E-state index is 11.7. The second-order valence-corrected chi connectivity index (χ2v) is 4.18. The van der Waals surface area contributed by atoms with Crippen molar-refractivity contribution in [3.8, 4) is 11.5 Å². The standard InChI is InChI=1S/C14H19ClO3/c1-3-7-17-11-5-6-12(13(16)10-15)14(9-11)18-8-4-2/h5-6,9H,3-4,7-8,10H2,1-2H3. The zero-order chi connectivity index (χ0) is 13.4. The van der Waals surface area contributed by atoms with E-state index >= 15 is 0 Å². The lowest BCUT2D eigenvalue weighted by atomic mass is 10.1. The number of ketones is 1. The lowest BCUT2D eigenvalue weighted by Gasteiger charge is -2.12. The van der Waals surface area contributed by atoms with Gasteiger partial charge in [-0.1, -0.05) is 13.8 Å². The minimum Gasteiger partial charge on any atom is -0.493 e. The summed E-state index contributed by atoms with van der Waals surface area (Å²) in [5.74, 6) is 1.09. The highest BCUT2D eigenvalue weighted by Gasteiger charge is 2.12. The summed E-state index contributed by atoms with van der Waals surface area (Å²) in [7, 11) is 0. The molecule has 0 heterocycles. The molecule has 18 heavy (non-hydrogen) atoms. The minimum atomic E-state index is -0.134. The maximum Gasteiger partial charge on any atom is 0.181 e. The number of carbonyl (C=O) groups excluding carboxylic acids is 1. The van der Waals surface area contributed by atoms with Crippen LogP contribution in [0.2, 0.25) is 0 Å². The molecule has 0 amide bonds. The molecule has 0 aliphatic carbocycles. The Morgan fingerprint density at radius 2 is 1.83 bits per heavy atom. The van der Waals surface area contributed by atoms with Gasteiger partial charge in [0.25, 0.3) is 0 Å². The number of Topliss-reactive ketones (excluding diaryl/α,β-unsaturated/α-hetero) is 1. The van der Waals surface area contributed by atoms with Crippen LogP contribution in [0.3, 0.4) is 0 Å². The van der Waals surface area contributed by atoms with Gasteiger partial charge in [0.15, 0.2) is 5.78 Å². The molecule has 0 saturated heterocycles. The molecule has 0 radical (unpaired) electrons. The topological polar surface area (TPSA) is 35.5 Å². The molecule has 1 rings (SSSR count). The van der Waals surface area contributed by atoms with E-state index in [1.54, 1.807) is 18.2 Å². The Morgan fingerprint density at radius 3 is 2.44 bits per heavy atom. The Balaban J connectivity index is 2.92. The van der Waals surface area contributed by atoms with Gasteiger partial charge >= 0.3 is 0 Å². The van der Waals surface area contributed by atoms with Crippen LogP contribution in [0, 0.1) is 0 Å². The van der Waals surface area contributed by atoms with Gasteiger partial charge in [-0.3, -0.25) is 4.79 Å². The predicted molar refractivity (Wildman–Crippen MR) is 73.1 cm³/mol. The van der Waals surface area contributed by atoms with Crippen molar-refractivity contribution in [2.24, 2.45) is 0 Å². The summed E-state index contributed by atoms with van der Waals surface area (Å²) in [5.41, 5.74) is 0.516. The monoisotopic (exact) mass is 270 g/mol. The van der Waals surface area contributed by atoms with Crippen molar-refractivity contribution < 1.29 is 14.3 Å². The highest BCUT2D eigenvalue weighted by molar-refractivity contribution is 6.30. The molecular weight excluding hydrogens is 252 g/mol. The number of alkyl halides is 1. The van der Waals surface area contributed by atoms with E-state index in [-0.39, 0.29) is 11.7 Å². The normalized spacial score (nSPS) is 10.2. The first-order chi connectivity index (χ1) is 8.72. The van der Waals surface area contributed by atoms with Crippen molar-refractivity contribution >= 4 is 17.4 Å². The van der Waals surface area contributed by atoms with E-state index < -0.39 is 0 Å². The number of hydrogen-bond donors (Lipinski definition) is 0. The largest absolute Gasteiger partial charge is 0.493 e. The van der Waals surface area contributed by atoms with Crippen molar-refractivity contribution in [3.05, 3.63) is 23.8 Å². The van der Waals surface area contributed by atoms with Crippen molar-refractivity contribution in [1.82, 2.24) is 0 Å². The fourth-order valence-electron chi connectivity index (χ4n) is 1.45. The second kappa shape index (κ2) is 7.98. The Bertz CT molecular complexity index is 391. The summed E-state index contributed by atoms with van der Waals surface area (Å²) < 4.78 is 11.1. The average Bonchev–Trinajstić information content (AvgIpc) is 2.42. The van der Waals surface area contributed by atoms with E-state index in [0.29, 0.717) is 30.3 Å². The SMILES string of the molecule is CCCOc1ccc(C(=O)CCl)c(OCCC)c1. The molecule has 0 spiro atoms. The quantitative estimate of drug-likeness (QED) is 0.534. The molecule has 0 fully saturated rings. The van der Waals surface area contributed by atoms with Crippen molar-refractivity contribution in [3.63, 3.8) is 0 Å². The molecule has 100 valence electrons. The zero-order valence-electron chi connectivity index (χ0n) is 10.9. The van der Waals surface area contributed by atoms with Gasteiger partial charge in [0.2, 0.25) is 0 Å². The van der Waals surface area contributed by atoms with E-state index in [9.17, 15) is 4.79 Å². The molecule has 0 unspecified atom stereocenters. The lowest BCUT2D eigenvalue weighted by molar-refractivity contribution is 0.101. The van der Waals surface area contributed by atoms with E-state index in [2.05, 4.69) is 0 Å². The van der Waals surface area contributed by atoms with Gasteiger partial charge in [0.1, 0.15) is 11.5 Å². The van der Waals surface area contributed by atoms with Crippen molar-refractivity contribution in [2.75, 3.05) is 19.1 Å². The summed E-state index contributed by atoms with van der Waals surface area (Å²) in [4.78, 5) is 11.7. The molecule has 0 aromatic heterocycles. The van der Waals surface area contributed by atoms with Crippen molar-refractivity contribution in [2.45, 2.75) is 26.7 Å². The Morgan fingerprint density at radius 1 is 1.17 bits per heavy atom. The molecule has 0 N–H and O–H groups in total. The maximum absolute atomic E-state index is 11.7. The molecule has 0 saturated carbocycles. The van der Waals surface area contributed by atoms with Gasteiger partial charge in [0, 0.05) is 6.07 Å². The van der Waals surface area contributed by atoms with Gasteiger partial charge in [-0.05, 0) is 25.0 Å². The molecule has 0 aliphatic heterocycles. The third-order valence-electron chi connectivity index (χ3n) is 2.31. The van der Waals surface area contributed by atoms with Crippen LogP contribution in [0.1, 0.15) is 37.0 Å². The first-order valence-corrected chi connectivity index (χ1v) is 6.75. The molecule has 1 aromatic rings. The Labute approximate surface area is 113 Å². The van der Waals surface area contributed by atoms with Crippen LogP contribution in [0.25, 0.3) is 0 Å². The number of benzene rings is 1. The van der Waals surface area contributed by atoms with Gasteiger partial charge in [0.05, 0.1) is 24.7 Å². The lowest BCUT2D eigenvalue weighted by Crippen LogP contribution is -2.06. The third-order valence-corrected chi connectivity index (χ3v) is 2.55. The van der Waals surface area contributed by atoms with E-state index in [1.165, 1.54) is 0 Å². The predicted octanol–water partition coefficient (Wildman–Crippen LogP) is 3.69. The molecule has 1 aromatic carbocycles. The third kappa shape index (κ3) is 4.22. The summed E-state index contributed by atoms with van der Waals surface area (Å²) in [6.45, 7) is 5.27. The van der Waals surface area contributed by atoms with Crippen LogP contribution in [0.5, 0.6) is 11.5 Å². The second-order valence-electron chi connectivity index (χ2n) is 3.91. The van der Waals surface area contributed by atoms with Gasteiger partial charge in [-0.2, -0.15) is 0 Å². The van der Waals surface area contributed by atoms with Crippen LogP contribution < -0.4 is 9.47 Å². The van der Waals surface area contributed by atoms with E-state index in [1.807, 2.05) is 13.8 Å². The number of halogens is 1. The highest BCUT2D eigenvalue weighted by Crippen LogP contribution is 2.26. The molecule has 3 nitrogen and oxygen atoms in total. The molecule has 0 bridgehead atoms. The first-order valence-electron chi connectivity index (χ1n) is 6.21. The Hall–Kier alpha value is -1.22. The summed E-state index contributed by atoms with van der Waals surface area (Å²) in [6.07, 6.45) is 1.82. The van der Waals surface area contributed by atoms with Gasteiger partial charge in [-0.25, -0.2) is 0 Å². The molecular formula is C14H19ClO3. The van der Waals surface area contributed by atoms with Gasteiger partial charge < -0.3 is 9.47 Å².